The van der Waals surface area contributed by atoms with Crippen molar-refractivity contribution in [3.8, 4) is 5.75 Å². The Morgan fingerprint density at radius 1 is 1.19 bits per heavy atom. The molecule has 132 valence electrons. The number of amides is 1. The average Bonchev–Trinajstić information content (AvgIpc) is 3.23. The standard InChI is InChI=1S/C18H17N5O2S/c1-3-23-15-8-5-11(9-14(15)21-22-23)17(24)20-18-19-13-7-6-12(25-4-2)10-16(13)26-18/h5-10H,3-4H2,1-2H3,(H,19,20,24). The van der Waals surface area contributed by atoms with Crippen LogP contribution in [0, 0.1) is 0 Å². The van der Waals surface area contributed by atoms with Crippen LogP contribution in [0.5, 0.6) is 5.75 Å². The van der Waals surface area contributed by atoms with Gasteiger partial charge < -0.3 is 4.74 Å². The van der Waals surface area contributed by atoms with Gasteiger partial charge in [-0.05, 0) is 50.2 Å². The lowest BCUT2D eigenvalue weighted by atomic mass is 10.2. The Morgan fingerprint density at radius 2 is 2.08 bits per heavy atom. The number of rotatable bonds is 5. The Morgan fingerprint density at radius 3 is 2.88 bits per heavy atom. The highest BCUT2D eigenvalue weighted by molar-refractivity contribution is 7.22. The highest BCUT2D eigenvalue weighted by atomic mass is 32.1. The number of benzene rings is 2. The molecule has 0 unspecified atom stereocenters. The van der Waals surface area contributed by atoms with Gasteiger partial charge in [0.15, 0.2) is 5.13 Å². The van der Waals surface area contributed by atoms with Gasteiger partial charge in [0, 0.05) is 12.1 Å². The van der Waals surface area contributed by atoms with Crippen LogP contribution in [-0.2, 0) is 6.54 Å². The van der Waals surface area contributed by atoms with Crippen molar-refractivity contribution < 1.29 is 9.53 Å². The van der Waals surface area contributed by atoms with E-state index in [0.717, 1.165) is 28.0 Å². The molecule has 0 spiro atoms. The van der Waals surface area contributed by atoms with Crippen LogP contribution in [0.3, 0.4) is 0 Å². The molecule has 2 aromatic carbocycles. The summed E-state index contributed by atoms with van der Waals surface area (Å²) in [6, 6.07) is 11.1. The van der Waals surface area contributed by atoms with Crippen LogP contribution in [0.2, 0.25) is 0 Å². The Bertz CT molecular complexity index is 1100. The van der Waals surface area contributed by atoms with Crippen molar-refractivity contribution >= 4 is 43.6 Å². The molecule has 2 heterocycles. The molecular weight excluding hydrogens is 350 g/mol. The number of anilines is 1. The van der Waals surface area contributed by atoms with E-state index in [1.165, 1.54) is 11.3 Å². The summed E-state index contributed by atoms with van der Waals surface area (Å²) in [7, 11) is 0. The monoisotopic (exact) mass is 367 g/mol. The lowest BCUT2D eigenvalue weighted by Crippen LogP contribution is -2.11. The minimum Gasteiger partial charge on any atom is -0.494 e. The zero-order chi connectivity index (χ0) is 18.1. The number of ether oxygens (including phenoxy) is 1. The van der Waals surface area contributed by atoms with Gasteiger partial charge in [-0.25, -0.2) is 9.67 Å². The zero-order valence-corrected chi connectivity index (χ0v) is 15.2. The van der Waals surface area contributed by atoms with Crippen molar-refractivity contribution in [1.29, 1.82) is 0 Å². The molecule has 0 aliphatic carbocycles. The third kappa shape index (κ3) is 2.99. The van der Waals surface area contributed by atoms with E-state index in [1.807, 2.05) is 38.1 Å². The molecule has 26 heavy (non-hydrogen) atoms. The van der Waals surface area contributed by atoms with Gasteiger partial charge in [0.25, 0.3) is 5.91 Å². The topological polar surface area (TPSA) is 81.9 Å². The molecule has 0 saturated carbocycles. The summed E-state index contributed by atoms with van der Waals surface area (Å²) in [6.07, 6.45) is 0. The molecule has 1 amide bonds. The van der Waals surface area contributed by atoms with Gasteiger partial charge >= 0.3 is 0 Å². The molecule has 7 nitrogen and oxygen atoms in total. The lowest BCUT2D eigenvalue weighted by molar-refractivity contribution is 0.102. The number of nitrogens with one attached hydrogen (secondary N) is 1. The van der Waals surface area contributed by atoms with E-state index >= 15 is 0 Å². The minimum absolute atomic E-state index is 0.220. The number of nitrogens with zero attached hydrogens (tertiary/aromatic N) is 4. The maximum Gasteiger partial charge on any atom is 0.257 e. The summed E-state index contributed by atoms with van der Waals surface area (Å²) in [6.45, 7) is 5.29. The highest BCUT2D eigenvalue weighted by Gasteiger charge is 2.13. The molecule has 4 rings (SSSR count). The maximum atomic E-state index is 12.6. The molecule has 0 radical (unpaired) electrons. The number of fused-ring (bicyclic) bond motifs is 2. The number of carbonyl (C=O) groups is 1. The van der Waals surface area contributed by atoms with Crippen molar-refractivity contribution in [2.45, 2.75) is 20.4 Å². The molecular formula is C18H17N5O2S. The predicted molar refractivity (Wildman–Crippen MR) is 102 cm³/mol. The van der Waals surface area contributed by atoms with Crippen LogP contribution in [0.15, 0.2) is 36.4 Å². The van der Waals surface area contributed by atoms with E-state index in [-0.39, 0.29) is 5.91 Å². The summed E-state index contributed by atoms with van der Waals surface area (Å²) in [4.78, 5) is 17.0. The van der Waals surface area contributed by atoms with Gasteiger partial charge in [0.1, 0.15) is 11.3 Å². The van der Waals surface area contributed by atoms with Crippen LogP contribution < -0.4 is 10.1 Å². The molecule has 1 N–H and O–H groups in total. The minimum atomic E-state index is -0.220. The van der Waals surface area contributed by atoms with E-state index in [2.05, 4.69) is 20.6 Å². The van der Waals surface area contributed by atoms with E-state index < -0.39 is 0 Å². The van der Waals surface area contributed by atoms with E-state index in [0.29, 0.717) is 22.8 Å². The Hall–Kier alpha value is -3.00. The fourth-order valence-electron chi connectivity index (χ4n) is 2.73. The molecule has 0 aliphatic heterocycles. The molecule has 8 heteroatoms. The zero-order valence-electron chi connectivity index (χ0n) is 14.4. The van der Waals surface area contributed by atoms with Crippen LogP contribution in [-0.4, -0.2) is 32.5 Å². The van der Waals surface area contributed by atoms with E-state index in [9.17, 15) is 4.79 Å². The van der Waals surface area contributed by atoms with Gasteiger partial charge in [0.2, 0.25) is 0 Å². The van der Waals surface area contributed by atoms with Crippen LogP contribution in [0.25, 0.3) is 21.3 Å². The number of thiazole rings is 1. The van der Waals surface area contributed by atoms with Crippen molar-refractivity contribution in [2.75, 3.05) is 11.9 Å². The van der Waals surface area contributed by atoms with Crippen LogP contribution in [0.1, 0.15) is 24.2 Å². The van der Waals surface area contributed by atoms with Crippen molar-refractivity contribution in [3.63, 3.8) is 0 Å². The molecule has 0 aliphatic rings. The van der Waals surface area contributed by atoms with Gasteiger partial charge in [-0.3, -0.25) is 10.1 Å². The lowest BCUT2D eigenvalue weighted by Gasteiger charge is -2.02. The Labute approximate surface area is 153 Å². The largest absolute Gasteiger partial charge is 0.494 e. The summed E-state index contributed by atoms with van der Waals surface area (Å²) >= 11 is 1.42. The average molecular weight is 367 g/mol. The SMILES string of the molecule is CCOc1ccc2nc(NC(=O)c3ccc4c(c3)nnn4CC)sc2c1. The first-order valence-electron chi connectivity index (χ1n) is 8.36. The van der Waals surface area contributed by atoms with Gasteiger partial charge in [-0.1, -0.05) is 16.6 Å². The molecule has 0 atom stereocenters. The van der Waals surface area contributed by atoms with Crippen molar-refractivity contribution in [3.05, 3.63) is 42.0 Å². The first-order chi connectivity index (χ1) is 12.7. The quantitative estimate of drug-likeness (QED) is 0.581. The molecule has 2 aromatic heterocycles. The Kier molecular flexibility index (Phi) is 4.26. The number of aromatic nitrogens is 4. The van der Waals surface area contributed by atoms with E-state index in [4.69, 9.17) is 4.74 Å². The third-order valence-electron chi connectivity index (χ3n) is 3.97. The summed E-state index contributed by atoms with van der Waals surface area (Å²) in [5, 5.41) is 11.6. The highest BCUT2D eigenvalue weighted by Crippen LogP contribution is 2.29. The fourth-order valence-corrected chi connectivity index (χ4v) is 3.62. The molecule has 0 fully saturated rings. The first kappa shape index (κ1) is 16.5. The second kappa shape index (κ2) is 6.72. The second-order valence-corrected chi connectivity index (χ2v) is 6.68. The number of carbonyl (C=O) groups excluding carboxylic acids is 1. The van der Waals surface area contributed by atoms with Crippen molar-refractivity contribution in [1.82, 2.24) is 20.0 Å². The number of hydrogen-bond donors (Lipinski definition) is 1. The molecule has 0 bridgehead atoms. The normalized spacial score (nSPS) is 11.2. The van der Waals surface area contributed by atoms with Crippen molar-refractivity contribution in [2.24, 2.45) is 0 Å². The predicted octanol–water partition coefficient (Wildman–Crippen LogP) is 3.71. The third-order valence-corrected chi connectivity index (χ3v) is 4.90. The maximum absolute atomic E-state index is 12.6. The summed E-state index contributed by atoms with van der Waals surface area (Å²) in [5.74, 6) is 0.577. The summed E-state index contributed by atoms with van der Waals surface area (Å²) in [5.41, 5.74) is 2.96. The fraction of sp³-hybridized carbons (Fsp3) is 0.222. The van der Waals surface area contributed by atoms with Gasteiger partial charge in [0.05, 0.1) is 22.3 Å². The smallest absolute Gasteiger partial charge is 0.257 e. The van der Waals surface area contributed by atoms with Crippen LogP contribution in [0.4, 0.5) is 5.13 Å². The second-order valence-electron chi connectivity index (χ2n) is 5.64. The van der Waals surface area contributed by atoms with E-state index in [1.54, 1.807) is 16.8 Å². The molecule has 4 aromatic rings. The van der Waals surface area contributed by atoms with Gasteiger partial charge in [-0.2, -0.15) is 0 Å². The molecule has 0 saturated heterocycles. The van der Waals surface area contributed by atoms with Crippen LogP contribution >= 0.6 is 11.3 Å². The summed E-state index contributed by atoms with van der Waals surface area (Å²) < 4.78 is 8.26. The first-order valence-corrected chi connectivity index (χ1v) is 9.17. The number of aryl methyl sites for hydroxylation is 1. The van der Waals surface area contributed by atoms with Gasteiger partial charge in [-0.15, -0.1) is 5.10 Å². The number of hydrogen-bond acceptors (Lipinski definition) is 6. The Balaban J connectivity index is 1.58.